The normalized spacial score (nSPS) is 10.4. The van der Waals surface area contributed by atoms with Crippen LogP contribution in [0.2, 0.25) is 0 Å². The monoisotopic (exact) mass is 328 g/mol. The van der Waals surface area contributed by atoms with E-state index < -0.39 is 0 Å². The van der Waals surface area contributed by atoms with E-state index >= 15 is 0 Å². The number of hydrogen-bond donors (Lipinski definition) is 1. The number of nitrogens with zero attached hydrogens (tertiary/aromatic N) is 3. The number of aromatic nitrogens is 3. The largest absolute Gasteiger partial charge is 0.380 e. The second-order valence-electron chi connectivity index (χ2n) is 4.32. The number of anilines is 1. The molecule has 0 atom stereocenters. The molecule has 0 saturated heterocycles. The molecule has 20 heavy (non-hydrogen) atoms. The molecule has 0 amide bonds. The average Bonchev–Trinajstić information content (AvgIpc) is 3.00. The molecule has 0 spiro atoms. The molecule has 0 saturated carbocycles. The van der Waals surface area contributed by atoms with Crippen molar-refractivity contribution in [3.8, 4) is 5.69 Å². The highest BCUT2D eigenvalue weighted by atomic mass is 79.9. The second kappa shape index (κ2) is 5.88. The number of rotatable bonds is 4. The fourth-order valence-electron chi connectivity index (χ4n) is 2.00. The van der Waals surface area contributed by atoms with E-state index in [9.17, 15) is 0 Å². The van der Waals surface area contributed by atoms with Crippen molar-refractivity contribution in [2.24, 2.45) is 0 Å². The SMILES string of the molecule is Brc1cncc(NCc2ccccc2-n2cccn2)c1. The fourth-order valence-corrected chi connectivity index (χ4v) is 2.37. The van der Waals surface area contributed by atoms with E-state index in [1.165, 1.54) is 5.56 Å². The van der Waals surface area contributed by atoms with Crippen LogP contribution < -0.4 is 5.32 Å². The molecule has 0 bridgehead atoms. The molecular weight excluding hydrogens is 316 g/mol. The Morgan fingerprint density at radius 1 is 1.15 bits per heavy atom. The minimum absolute atomic E-state index is 0.716. The Kier molecular flexibility index (Phi) is 3.78. The summed E-state index contributed by atoms with van der Waals surface area (Å²) in [5, 5.41) is 7.66. The van der Waals surface area contributed by atoms with E-state index in [2.05, 4.69) is 43.5 Å². The molecule has 0 fully saturated rings. The van der Waals surface area contributed by atoms with E-state index in [1.54, 1.807) is 18.6 Å². The van der Waals surface area contributed by atoms with Crippen molar-refractivity contribution in [3.63, 3.8) is 0 Å². The molecule has 4 nitrogen and oxygen atoms in total. The molecule has 0 radical (unpaired) electrons. The summed E-state index contributed by atoms with van der Waals surface area (Å²) in [4.78, 5) is 4.14. The van der Waals surface area contributed by atoms with Crippen molar-refractivity contribution in [1.82, 2.24) is 14.8 Å². The number of pyridine rings is 1. The quantitative estimate of drug-likeness (QED) is 0.795. The van der Waals surface area contributed by atoms with Gasteiger partial charge in [-0.25, -0.2) is 4.68 Å². The van der Waals surface area contributed by atoms with Gasteiger partial charge in [-0.15, -0.1) is 0 Å². The smallest absolute Gasteiger partial charge is 0.0695 e. The summed E-state index contributed by atoms with van der Waals surface area (Å²) in [7, 11) is 0. The number of para-hydroxylation sites is 1. The molecule has 2 aromatic heterocycles. The predicted octanol–water partition coefficient (Wildman–Crippen LogP) is 3.64. The van der Waals surface area contributed by atoms with Crippen molar-refractivity contribution in [3.05, 3.63) is 71.2 Å². The van der Waals surface area contributed by atoms with Gasteiger partial charge < -0.3 is 5.32 Å². The molecule has 0 aliphatic heterocycles. The minimum atomic E-state index is 0.716. The van der Waals surface area contributed by atoms with E-state index in [1.807, 2.05) is 35.1 Å². The summed E-state index contributed by atoms with van der Waals surface area (Å²) < 4.78 is 2.83. The maximum absolute atomic E-state index is 4.29. The Labute approximate surface area is 125 Å². The maximum Gasteiger partial charge on any atom is 0.0695 e. The van der Waals surface area contributed by atoms with Gasteiger partial charge in [-0.05, 0) is 39.7 Å². The van der Waals surface area contributed by atoms with Crippen LogP contribution in [0.25, 0.3) is 5.69 Å². The minimum Gasteiger partial charge on any atom is -0.380 e. The second-order valence-corrected chi connectivity index (χ2v) is 5.24. The molecule has 3 rings (SSSR count). The molecule has 1 N–H and O–H groups in total. The Bertz CT molecular complexity index is 695. The molecule has 1 aromatic carbocycles. The van der Waals surface area contributed by atoms with E-state index in [4.69, 9.17) is 0 Å². The van der Waals surface area contributed by atoms with Crippen LogP contribution in [-0.2, 0) is 6.54 Å². The van der Waals surface area contributed by atoms with Gasteiger partial charge in [-0.1, -0.05) is 18.2 Å². The van der Waals surface area contributed by atoms with Crippen molar-refractivity contribution < 1.29 is 0 Å². The number of nitrogens with one attached hydrogen (secondary N) is 1. The van der Waals surface area contributed by atoms with E-state index in [-0.39, 0.29) is 0 Å². The van der Waals surface area contributed by atoms with Gasteiger partial charge in [0.15, 0.2) is 0 Å². The van der Waals surface area contributed by atoms with Crippen molar-refractivity contribution in [2.45, 2.75) is 6.54 Å². The van der Waals surface area contributed by atoms with Gasteiger partial charge in [0.05, 0.1) is 17.6 Å². The van der Waals surface area contributed by atoms with Crippen LogP contribution in [0.3, 0.4) is 0 Å². The van der Waals surface area contributed by atoms with Crippen LogP contribution in [0, 0.1) is 0 Å². The van der Waals surface area contributed by atoms with Crippen LogP contribution in [0.1, 0.15) is 5.56 Å². The lowest BCUT2D eigenvalue weighted by atomic mass is 10.1. The lowest BCUT2D eigenvalue weighted by molar-refractivity contribution is 0.864. The average molecular weight is 329 g/mol. The first-order valence-corrected chi connectivity index (χ1v) is 7.04. The standard InChI is InChI=1S/C15H13BrN4/c16-13-8-14(11-17-10-13)18-9-12-4-1-2-5-15(12)20-7-3-6-19-20/h1-8,10-11,18H,9H2. The van der Waals surface area contributed by atoms with Crippen LogP contribution in [0.5, 0.6) is 0 Å². The number of halogens is 1. The molecule has 0 aliphatic rings. The van der Waals surface area contributed by atoms with Gasteiger partial charge in [0.1, 0.15) is 0 Å². The number of benzene rings is 1. The molecule has 0 unspecified atom stereocenters. The van der Waals surface area contributed by atoms with Crippen LogP contribution >= 0.6 is 15.9 Å². The first-order chi connectivity index (χ1) is 9.83. The van der Waals surface area contributed by atoms with Crippen LogP contribution in [-0.4, -0.2) is 14.8 Å². The Hall–Kier alpha value is -2.14. The summed E-state index contributed by atoms with van der Waals surface area (Å²) >= 11 is 3.42. The highest BCUT2D eigenvalue weighted by Gasteiger charge is 2.04. The van der Waals surface area contributed by atoms with Gasteiger partial charge in [0, 0.05) is 29.6 Å². The zero-order valence-corrected chi connectivity index (χ0v) is 12.3. The van der Waals surface area contributed by atoms with E-state index in [0.717, 1.165) is 15.8 Å². The zero-order valence-electron chi connectivity index (χ0n) is 10.7. The van der Waals surface area contributed by atoms with Gasteiger partial charge in [0.25, 0.3) is 0 Å². The third-order valence-corrected chi connectivity index (χ3v) is 3.36. The summed E-state index contributed by atoms with van der Waals surface area (Å²) in [6.07, 6.45) is 7.30. The fraction of sp³-hybridized carbons (Fsp3) is 0.0667. The predicted molar refractivity (Wildman–Crippen MR) is 82.8 cm³/mol. The van der Waals surface area contributed by atoms with Gasteiger partial charge >= 0.3 is 0 Å². The Morgan fingerprint density at radius 2 is 2.05 bits per heavy atom. The molecule has 5 heteroatoms. The molecule has 100 valence electrons. The van der Waals surface area contributed by atoms with Crippen LogP contribution in [0.15, 0.2) is 65.7 Å². The Morgan fingerprint density at radius 3 is 2.85 bits per heavy atom. The van der Waals surface area contributed by atoms with Gasteiger partial charge in [-0.2, -0.15) is 5.10 Å². The molecular formula is C15H13BrN4. The van der Waals surface area contributed by atoms with Crippen molar-refractivity contribution >= 4 is 21.6 Å². The van der Waals surface area contributed by atoms with Gasteiger partial charge in [-0.3, -0.25) is 4.98 Å². The van der Waals surface area contributed by atoms with Crippen LogP contribution in [0.4, 0.5) is 5.69 Å². The first-order valence-electron chi connectivity index (χ1n) is 6.25. The summed E-state index contributed by atoms with van der Waals surface area (Å²) in [6.45, 7) is 0.716. The summed E-state index contributed by atoms with van der Waals surface area (Å²) in [6, 6.07) is 12.1. The maximum atomic E-state index is 4.29. The highest BCUT2D eigenvalue weighted by Crippen LogP contribution is 2.17. The Balaban J connectivity index is 1.81. The molecule has 2 heterocycles. The van der Waals surface area contributed by atoms with Gasteiger partial charge in [0.2, 0.25) is 0 Å². The van der Waals surface area contributed by atoms with Crippen molar-refractivity contribution in [1.29, 1.82) is 0 Å². The molecule has 3 aromatic rings. The zero-order chi connectivity index (χ0) is 13.8. The molecule has 0 aliphatic carbocycles. The number of hydrogen-bond acceptors (Lipinski definition) is 3. The lowest BCUT2D eigenvalue weighted by Crippen LogP contribution is -2.05. The third kappa shape index (κ3) is 2.88. The van der Waals surface area contributed by atoms with Crippen molar-refractivity contribution in [2.75, 3.05) is 5.32 Å². The summed E-state index contributed by atoms with van der Waals surface area (Å²) in [5.41, 5.74) is 3.23. The first kappa shape index (κ1) is 12.9. The third-order valence-electron chi connectivity index (χ3n) is 2.93. The van der Waals surface area contributed by atoms with E-state index in [0.29, 0.717) is 6.54 Å². The topological polar surface area (TPSA) is 42.7 Å². The highest BCUT2D eigenvalue weighted by molar-refractivity contribution is 9.10. The lowest BCUT2D eigenvalue weighted by Gasteiger charge is -2.11. The summed E-state index contributed by atoms with van der Waals surface area (Å²) in [5.74, 6) is 0.